The van der Waals surface area contributed by atoms with Crippen LogP contribution in [0.1, 0.15) is 27.2 Å². The summed E-state index contributed by atoms with van der Waals surface area (Å²) < 4.78 is 19.0. The second-order valence-corrected chi connectivity index (χ2v) is 7.48. The van der Waals surface area contributed by atoms with E-state index in [9.17, 15) is 14.0 Å². The second kappa shape index (κ2) is 10.4. The van der Waals surface area contributed by atoms with Crippen molar-refractivity contribution in [3.05, 3.63) is 120 Å². The fourth-order valence-electron chi connectivity index (χ4n) is 3.38. The molecule has 2 amide bonds. The lowest BCUT2D eigenvalue weighted by atomic mass is 10.1. The van der Waals surface area contributed by atoms with E-state index in [2.05, 4.69) is 10.3 Å². The maximum atomic E-state index is 13.7. The highest BCUT2D eigenvalue weighted by Gasteiger charge is 2.21. The zero-order valence-electron chi connectivity index (χ0n) is 17.8. The van der Waals surface area contributed by atoms with Crippen molar-refractivity contribution in [2.24, 2.45) is 0 Å². The first kappa shape index (κ1) is 22.0. The molecule has 0 fully saturated rings. The Bertz CT molecular complexity index is 1210. The van der Waals surface area contributed by atoms with Gasteiger partial charge in [0.15, 0.2) is 5.76 Å². The van der Waals surface area contributed by atoms with Gasteiger partial charge in [0.25, 0.3) is 5.91 Å². The van der Waals surface area contributed by atoms with Crippen molar-refractivity contribution >= 4 is 17.5 Å². The molecule has 0 atom stereocenters. The van der Waals surface area contributed by atoms with Crippen LogP contribution in [0.5, 0.6) is 0 Å². The van der Waals surface area contributed by atoms with E-state index < -0.39 is 0 Å². The normalized spacial score (nSPS) is 10.6. The third kappa shape index (κ3) is 5.92. The van der Waals surface area contributed by atoms with E-state index in [1.165, 1.54) is 23.3 Å². The number of rotatable bonds is 8. The molecular formula is C26H22FN3O3. The van der Waals surface area contributed by atoms with Gasteiger partial charge in [0, 0.05) is 24.6 Å². The minimum atomic E-state index is -0.370. The highest BCUT2D eigenvalue weighted by molar-refractivity contribution is 6.04. The number of benzene rings is 2. The molecule has 0 radical (unpaired) electrons. The maximum absolute atomic E-state index is 13.7. The van der Waals surface area contributed by atoms with E-state index in [-0.39, 0.29) is 36.4 Å². The van der Waals surface area contributed by atoms with Gasteiger partial charge >= 0.3 is 0 Å². The summed E-state index contributed by atoms with van der Waals surface area (Å²) in [6.07, 6.45) is 5.02. The molecule has 7 heteroatoms. The number of halogens is 1. The molecule has 33 heavy (non-hydrogen) atoms. The fourth-order valence-corrected chi connectivity index (χ4v) is 3.38. The molecule has 2 heterocycles. The van der Waals surface area contributed by atoms with Crippen LogP contribution in [0.25, 0.3) is 0 Å². The lowest BCUT2D eigenvalue weighted by Crippen LogP contribution is -2.30. The van der Waals surface area contributed by atoms with Crippen molar-refractivity contribution in [3.8, 4) is 0 Å². The van der Waals surface area contributed by atoms with Gasteiger partial charge in [-0.25, -0.2) is 4.39 Å². The van der Waals surface area contributed by atoms with E-state index in [0.29, 0.717) is 17.8 Å². The number of hydrogen-bond acceptors (Lipinski definition) is 4. The molecule has 0 aliphatic carbocycles. The predicted octanol–water partition coefficient (Wildman–Crippen LogP) is 4.52. The summed E-state index contributed by atoms with van der Waals surface area (Å²) >= 11 is 0. The molecule has 0 bridgehead atoms. The van der Waals surface area contributed by atoms with Crippen LogP contribution in [0.3, 0.4) is 0 Å². The molecule has 0 aliphatic rings. The number of nitrogens with zero attached hydrogens (tertiary/aromatic N) is 2. The lowest BCUT2D eigenvalue weighted by Gasteiger charge is -2.22. The molecule has 1 N–H and O–H groups in total. The summed E-state index contributed by atoms with van der Waals surface area (Å²) in [6.45, 7) is 0.575. The third-order valence-electron chi connectivity index (χ3n) is 5.03. The number of nitrogens with one attached hydrogen (secondary N) is 1. The number of amides is 2. The molecule has 2 aromatic carbocycles. The van der Waals surface area contributed by atoms with Crippen molar-refractivity contribution < 1.29 is 18.4 Å². The highest BCUT2D eigenvalue weighted by Crippen LogP contribution is 2.22. The number of hydrogen-bond donors (Lipinski definition) is 1. The largest absolute Gasteiger partial charge is 0.459 e. The van der Waals surface area contributed by atoms with Gasteiger partial charge in [-0.15, -0.1) is 0 Å². The summed E-state index contributed by atoms with van der Waals surface area (Å²) in [7, 11) is 0. The first-order chi connectivity index (χ1) is 16.1. The minimum Gasteiger partial charge on any atom is -0.459 e. The van der Waals surface area contributed by atoms with Crippen LogP contribution < -0.4 is 10.2 Å². The van der Waals surface area contributed by atoms with Gasteiger partial charge in [0.05, 0.1) is 19.2 Å². The first-order valence-electron chi connectivity index (χ1n) is 10.4. The Hall–Kier alpha value is -4.26. The van der Waals surface area contributed by atoms with Crippen molar-refractivity contribution in [2.75, 3.05) is 4.90 Å². The van der Waals surface area contributed by atoms with Crippen LogP contribution >= 0.6 is 0 Å². The zero-order chi connectivity index (χ0) is 23.0. The number of carbonyl (C=O) groups excluding carboxylic acids is 2. The molecule has 4 aromatic rings. The summed E-state index contributed by atoms with van der Waals surface area (Å²) in [5.74, 6) is -0.642. The average molecular weight is 443 g/mol. The highest BCUT2D eigenvalue weighted by atomic mass is 19.1. The van der Waals surface area contributed by atoms with E-state index >= 15 is 0 Å². The molecule has 0 spiro atoms. The molecule has 4 rings (SSSR count). The van der Waals surface area contributed by atoms with Crippen LogP contribution in [0.4, 0.5) is 10.1 Å². The van der Waals surface area contributed by atoms with Gasteiger partial charge in [-0.2, -0.15) is 0 Å². The molecular weight excluding hydrogens is 421 g/mol. The number of carbonyl (C=O) groups is 2. The van der Waals surface area contributed by atoms with Gasteiger partial charge in [0.2, 0.25) is 5.91 Å². The van der Waals surface area contributed by atoms with Gasteiger partial charge in [-0.1, -0.05) is 30.3 Å². The van der Waals surface area contributed by atoms with Crippen LogP contribution in [0.15, 0.2) is 95.9 Å². The number of anilines is 1. The summed E-state index contributed by atoms with van der Waals surface area (Å²) in [4.78, 5) is 30.9. The average Bonchev–Trinajstić information content (AvgIpc) is 3.37. The van der Waals surface area contributed by atoms with Crippen molar-refractivity contribution in [1.29, 1.82) is 0 Å². The molecule has 0 saturated carbocycles. The Morgan fingerprint density at radius 2 is 1.76 bits per heavy atom. The second-order valence-electron chi connectivity index (χ2n) is 7.48. The predicted molar refractivity (Wildman–Crippen MR) is 122 cm³/mol. The van der Waals surface area contributed by atoms with Gasteiger partial charge in [-0.3, -0.25) is 14.6 Å². The number of pyridine rings is 1. The van der Waals surface area contributed by atoms with Crippen molar-refractivity contribution in [1.82, 2.24) is 10.3 Å². The van der Waals surface area contributed by atoms with E-state index in [0.717, 1.165) is 11.1 Å². The monoisotopic (exact) mass is 443 g/mol. The maximum Gasteiger partial charge on any atom is 0.294 e. The number of furan rings is 1. The van der Waals surface area contributed by atoms with Crippen LogP contribution in [-0.2, 0) is 24.3 Å². The van der Waals surface area contributed by atoms with Crippen LogP contribution in [-0.4, -0.2) is 16.8 Å². The number of aromatic nitrogens is 1. The first-order valence-corrected chi connectivity index (χ1v) is 10.4. The Morgan fingerprint density at radius 1 is 0.939 bits per heavy atom. The topological polar surface area (TPSA) is 75.4 Å². The third-order valence-corrected chi connectivity index (χ3v) is 5.03. The van der Waals surface area contributed by atoms with Crippen molar-refractivity contribution in [3.63, 3.8) is 0 Å². The molecule has 0 saturated heterocycles. The van der Waals surface area contributed by atoms with Crippen LogP contribution in [0, 0.1) is 5.82 Å². The van der Waals surface area contributed by atoms with E-state index in [1.807, 2.05) is 12.1 Å². The Kier molecular flexibility index (Phi) is 6.90. The lowest BCUT2D eigenvalue weighted by molar-refractivity contribution is -0.120. The Labute approximate surface area is 190 Å². The molecule has 0 aliphatic heterocycles. The van der Waals surface area contributed by atoms with E-state index in [4.69, 9.17) is 4.42 Å². The van der Waals surface area contributed by atoms with Crippen molar-refractivity contribution in [2.45, 2.75) is 19.5 Å². The Balaban J connectivity index is 1.46. The summed E-state index contributed by atoms with van der Waals surface area (Å²) in [5, 5.41) is 2.87. The zero-order valence-corrected chi connectivity index (χ0v) is 17.8. The molecule has 166 valence electrons. The van der Waals surface area contributed by atoms with E-state index in [1.54, 1.807) is 60.9 Å². The summed E-state index contributed by atoms with van der Waals surface area (Å²) in [5.41, 5.74) is 2.98. The quantitative estimate of drug-likeness (QED) is 0.435. The SMILES string of the molecule is O=C(Cc1ccc(N(Cc2cccc(F)c2)C(=O)c2ccco2)cc1)NCc1cccnc1. The Morgan fingerprint density at radius 3 is 2.45 bits per heavy atom. The van der Waals surface area contributed by atoms with Gasteiger partial charge < -0.3 is 14.6 Å². The smallest absolute Gasteiger partial charge is 0.294 e. The fraction of sp³-hybridized carbons (Fsp3) is 0.115. The van der Waals surface area contributed by atoms with Gasteiger partial charge in [0.1, 0.15) is 5.82 Å². The molecule has 2 aromatic heterocycles. The standard InChI is InChI=1S/C26H22FN3O3/c27-22-6-1-4-20(14-22)18-30(26(32)24-7-3-13-33-24)23-10-8-19(9-11-23)15-25(31)29-17-21-5-2-12-28-16-21/h1-14,16H,15,17-18H2,(H,29,31). The van der Waals surface area contributed by atoms with Gasteiger partial charge in [-0.05, 0) is 59.2 Å². The molecule has 0 unspecified atom stereocenters. The minimum absolute atomic E-state index is 0.116. The molecule has 6 nitrogen and oxygen atoms in total. The van der Waals surface area contributed by atoms with Crippen LogP contribution in [0.2, 0.25) is 0 Å². The summed E-state index contributed by atoms with van der Waals surface area (Å²) in [6, 6.07) is 20.2.